The highest BCUT2D eigenvalue weighted by molar-refractivity contribution is 6.06. The Hall–Kier alpha value is -2.71. The third-order valence-electron chi connectivity index (χ3n) is 2.22. The lowest BCUT2D eigenvalue weighted by molar-refractivity contribution is -0.274. The number of aromatic amines is 1. The van der Waals surface area contributed by atoms with Gasteiger partial charge in [-0.2, -0.15) is 5.10 Å². The summed E-state index contributed by atoms with van der Waals surface area (Å²) in [5.41, 5.74) is 5.76. The summed E-state index contributed by atoms with van der Waals surface area (Å²) >= 11 is 0. The average Bonchev–Trinajstić information content (AvgIpc) is 2.73. The molecule has 1 amide bonds. The molecule has 6 nitrogen and oxygen atoms in total. The molecule has 2 aromatic rings. The third kappa shape index (κ3) is 3.40. The second-order valence-corrected chi connectivity index (χ2v) is 3.73. The monoisotopic (exact) mass is 286 g/mol. The Labute approximate surface area is 110 Å². The molecule has 1 heterocycles. The fourth-order valence-corrected chi connectivity index (χ4v) is 1.44. The van der Waals surface area contributed by atoms with Gasteiger partial charge in [-0.1, -0.05) is 6.07 Å². The minimum absolute atomic E-state index is 0.0205. The molecular weight excluding hydrogens is 277 g/mol. The van der Waals surface area contributed by atoms with Crippen LogP contribution in [0, 0.1) is 0 Å². The Morgan fingerprint density at radius 3 is 2.75 bits per heavy atom. The van der Waals surface area contributed by atoms with Crippen molar-refractivity contribution in [3.05, 3.63) is 36.2 Å². The minimum Gasteiger partial charge on any atom is -0.406 e. The predicted octanol–water partition coefficient (Wildman–Crippen LogP) is 2.14. The summed E-state index contributed by atoms with van der Waals surface area (Å²) < 4.78 is 40.0. The van der Waals surface area contributed by atoms with Crippen molar-refractivity contribution < 1.29 is 22.7 Å². The van der Waals surface area contributed by atoms with E-state index in [0.717, 1.165) is 12.1 Å². The van der Waals surface area contributed by atoms with E-state index in [4.69, 9.17) is 5.73 Å². The van der Waals surface area contributed by atoms with E-state index in [9.17, 15) is 18.0 Å². The Kier molecular flexibility index (Phi) is 3.51. The van der Waals surface area contributed by atoms with Crippen LogP contribution in [0.15, 0.2) is 30.5 Å². The average molecular weight is 286 g/mol. The van der Waals surface area contributed by atoms with Crippen molar-refractivity contribution in [1.82, 2.24) is 10.2 Å². The van der Waals surface area contributed by atoms with Gasteiger partial charge in [-0.15, -0.1) is 13.2 Å². The molecule has 1 aromatic carbocycles. The van der Waals surface area contributed by atoms with Crippen LogP contribution >= 0.6 is 0 Å². The molecule has 20 heavy (non-hydrogen) atoms. The number of carbonyl (C=O) groups is 1. The van der Waals surface area contributed by atoms with Gasteiger partial charge in [-0.25, -0.2) is 0 Å². The zero-order valence-corrected chi connectivity index (χ0v) is 9.86. The first-order valence-corrected chi connectivity index (χ1v) is 5.31. The number of benzene rings is 1. The number of rotatable bonds is 3. The van der Waals surface area contributed by atoms with Crippen LogP contribution in [0.25, 0.3) is 0 Å². The second kappa shape index (κ2) is 5.11. The van der Waals surface area contributed by atoms with Gasteiger partial charge < -0.3 is 15.8 Å². The fourth-order valence-electron chi connectivity index (χ4n) is 1.44. The highest BCUT2D eigenvalue weighted by atomic mass is 19.4. The smallest absolute Gasteiger partial charge is 0.406 e. The fraction of sp³-hybridized carbons (Fsp3) is 0.0909. The van der Waals surface area contributed by atoms with E-state index in [0.29, 0.717) is 0 Å². The largest absolute Gasteiger partial charge is 0.573 e. The number of halogens is 3. The van der Waals surface area contributed by atoms with Gasteiger partial charge in [0, 0.05) is 11.8 Å². The van der Waals surface area contributed by atoms with E-state index in [1.165, 1.54) is 18.3 Å². The van der Waals surface area contributed by atoms with Gasteiger partial charge in [0.25, 0.3) is 5.91 Å². The molecule has 106 valence electrons. The van der Waals surface area contributed by atoms with Gasteiger partial charge in [0.05, 0.1) is 11.9 Å². The molecule has 0 aliphatic heterocycles. The van der Waals surface area contributed by atoms with E-state index in [1.54, 1.807) is 0 Å². The molecule has 0 aliphatic carbocycles. The maximum absolute atomic E-state index is 12.1. The number of amides is 1. The Morgan fingerprint density at radius 1 is 1.40 bits per heavy atom. The van der Waals surface area contributed by atoms with Crippen molar-refractivity contribution >= 4 is 17.3 Å². The Balaban J connectivity index is 2.12. The number of ether oxygens (including phenoxy) is 1. The molecule has 0 atom stereocenters. The van der Waals surface area contributed by atoms with E-state index in [-0.39, 0.29) is 17.1 Å². The number of nitrogen functional groups attached to an aromatic ring is 1. The third-order valence-corrected chi connectivity index (χ3v) is 2.22. The van der Waals surface area contributed by atoms with Gasteiger partial charge in [0.1, 0.15) is 11.4 Å². The van der Waals surface area contributed by atoms with E-state index in [2.05, 4.69) is 20.3 Å². The number of H-pyrrole nitrogens is 1. The number of nitrogens with two attached hydrogens (primary N) is 1. The molecule has 0 saturated carbocycles. The SMILES string of the molecule is Nc1cn[nH]c1C(=O)Nc1cccc(OC(F)(F)F)c1. The summed E-state index contributed by atoms with van der Waals surface area (Å²) in [4.78, 5) is 11.8. The first-order chi connectivity index (χ1) is 9.35. The van der Waals surface area contributed by atoms with Gasteiger partial charge in [-0.3, -0.25) is 9.89 Å². The van der Waals surface area contributed by atoms with Crippen LogP contribution in [0.1, 0.15) is 10.5 Å². The van der Waals surface area contributed by atoms with Crippen LogP contribution in [0.2, 0.25) is 0 Å². The lowest BCUT2D eigenvalue weighted by Crippen LogP contribution is -2.17. The van der Waals surface area contributed by atoms with Crippen LogP contribution in [0.3, 0.4) is 0 Å². The maximum Gasteiger partial charge on any atom is 0.573 e. The number of hydrogen-bond donors (Lipinski definition) is 3. The predicted molar refractivity (Wildman–Crippen MR) is 64.1 cm³/mol. The number of nitrogens with zero attached hydrogens (tertiary/aromatic N) is 1. The van der Waals surface area contributed by atoms with Crippen molar-refractivity contribution in [2.24, 2.45) is 0 Å². The summed E-state index contributed by atoms with van der Waals surface area (Å²) in [6.45, 7) is 0. The van der Waals surface area contributed by atoms with Crippen molar-refractivity contribution in [2.45, 2.75) is 6.36 Å². The standard InChI is InChI=1S/C11H9F3N4O2/c12-11(13,14)20-7-3-1-2-6(4-7)17-10(19)9-8(15)5-16-18-9/h1-5H,15H2,(H,16,18)(H,17,19). The Morgan fingerprint density at radius 2 is 2.15 bits per heavy atom. The molecule has 4 N–H and O–H groups in total. The lowest BCUT2D eigenvalue weighted by atomic mass is 10.3. The van der Waals surface area contributed by atoms with Crippen LogP contribution < -0.4 is 15.8 Å². The molecule has 9 heteroatoms. The first-order valence-electron chi connectivity index (χ1n) is 5.31. The van der Waals surface area contributed by atoms with Crippen LogP contribution in [0.4, 0.5) is 24.5 Å². The van der Waals surface area contributed by atoms with Crippen LogP contribution in [-0.2, 0) is 0 Å². The molecule has 2 rings (SSSR count). The molecule has 0 saturated heterocycles. The number of hydrogen-bond acceptors (Lipinski definition) is 4. The van der Waals surface area contributed by atoms with Crippen LogP contribution in [0.5, 0.6) is 5.75 Å². The quantitative estimate of drug-likeness (QED) is 0.806. The highest BCUT2D eigenvalue weighted by Crippen LogP contribution is 2.25. The number of anilines is 2. The molecule has 0 unspecified atom stereocenters. The summed E-state index contributed by atoms with van der Waals surface area (Å²) in [5.74, 6) is -1.06. The van der Waals surface area contributed by atoms with Crippen LogP contribution in [-0.4, -0.2) is 22.5 Å². The van der Waals surface area contributed by atoms with Gasteiger partial charge in [-0.05, 0) is 12.1 Å². The minimum atomic E-state index is -4.80. The van der Waals surface area contributed by atoms with Gasteiger partial charge in [0.2, 0.25) is 0 Å². The van der Waals surface area contributed by atoms with Crippen molar-refractivity contribution in [2.75, 3.05) is 11.1 Å². The molecule has 0 spiro atoms. The second-order valence-electron chi connectivity index (χ2n) is 3.73. The number of alkyl halides is 3. The van der Waals surface area contributed by atoms with Crippen molar-refractivity contribution in [3.8, 4) is 5.75 Å². The van der Waals surface area contributed by atoms with Gasteiger partial charge >= 0.3 is 6.36 Å². The normalized spacial score (nSPS) is 11.2. The van der Waals surface area contributed by atoms with E-state index < -0.39 is 18.0 Å². The molecule has 0 bridgehead atoms. The van der Waals surface area contributed by atoms with Gasteiger partial charge in [0.15, 0.2) is 0 Å². The summed E-state index contributed by atoms with van der Waals surface area (Å²) in [5, 5.41) is 8.32. The first kappa shape index (κ1) is 13.7. The number of nitrogens with one attached hydrogen (secondary N) is 2. The highest BCUT2D eigenvalue weighted by Gasteiger charge is 2.31. The van der Waals surface area contributed by atoms with Crippen molar-refractivity contribution in [3.63, 3.8) is 0 Å². The molecule has 0 aliphatic rings. The Bertz CT molecular complexity index is 624. The number of carbonyl (C=O) groups excluding carboxylic acids is 1. The zero-order chi connectivity index (χ0) is 14.8. The summed E-state index contributed by atoms with van der Waals surface area (Å²) in [6, 6.07) is 4.88. The lowest BCUT2D eigenvalue weighted by Gasteiger charge is -2.10. The maximum atomic E-state index is 12.1. The summed E-state index contributed by atoms with van der Waals surface area (Å²) in [6.07, 6.45) is -3.55. The zero-order valence-electron chi connectivity index (χ0n) is 9.86. The summed E-state index contributed by atoms with van der Waals surface area (Å²) in [7, 11) is 0. The molecule has 0 radical (unpaired) electrons. The molecule has 1 aromatic heterocycles. The van der Waals surface area contributed by atoms with E-state index in [1.807, 2.05) is 0 Å². The molecular formula is C11H9F3N4O2. The molecule has 0 fully saturated rings. The topological polar surface area (TPSA) is 93.0 Å². The number of aromatic nitrogens is 2. The van der Waals surface area contributed by atoms with E-state index >= 15 is 0 Å². The van der Waals surface area contributed by atoms with Crippen molar-refractivity contribution in [1.29, 1.82) is 0 Å².